The predicted molar refractivity (Wildman–Crippen MR) is 277 cm³/mol. The molecule has 0 aliphatic carbocycles. The Labute approximate surface area is 407 Å². The fourth-order valence-corrected chi connectivity index (χ4v) is 9.25. The highest BCUT2D eigenvalue weighted by Gasteiger charge is 2.44. The normalized spacial score (nSPS) is 19.9. The minimum absolute atomic E-state index is 0.137. The summed E-state index contributed by atoms with van der Waals surface area (Å²) in [5, 5.41) is 53.8. The first-order chi connectivity index (χ1) is 32.3. The molecule has 1 fully saturated rings. The van der Waals surface area contributed by atoms with Crippen molar-refractivity contribution in [3.05, 3.63) is 24.3 Å². The van der Waals surface area contributed by atoms with Crippen LogP contribution in [0, 0.1) is 0 Å². The highest BCUT2D eigenvalue weighted by atomic mass is 16.7. The lowest BCUT2D eigenvalue weighted by Gasteiger charge is -2.40. The summed E-state index contributed by atoms with van der Waals surface area (Å²) >= 11 is 0. The average Bonchev–Trinajstić information content (AvgIpc) is 3.32. The van der Waals surface area contributed by atoms with Crippen molar-refractivity contribution >= 4 is 5.91 Å². The van der Waals surface area contributed by atoms with Gasteiger partial charge in [0.25, 0.3) is 0 Å². The summed E-state index contributed by atoms with van der Waals surface area (Å²) in [4.78, 5) is 12.9. The van der Waals surface area contributed by atoms with Crippen LogP contribution in [-0.4, -0.2) is 87.5 Å². The van der Waals surface area contributed by atoms with Gasteiger partial charge in [-0.2, -0.15) is 0 Å². The standard InChI is InChI=1S/C57H109NO8/c1-3-5-7-9-10-11-12-13-14-15-16-17-18-19-20-21-22-23-24-25-26-27-28-29-30-31-32-33-34-35-36-37-38-39-40-41-42-43-45-47-53(61)58-50(51(60)46-44-8-6-4-2)49-65-57-56(64)55(63)54(62)52(48-59)66-57/h12-13,15-16,50-52,54-57,59-60,62-64H,3-11,14,17-49H2,1-2H3,(H,58,61)/b13-12-,16-15-. The number of amides is 1. The van der Waals surface area contributed by atoms with Crippen LogP contribution in [0.4, 0.5) is 0 Å². The fourth-order valence-electron chi connectivity index (χ4n) is 9.25. The topological polar surface area (TPSA) is 149 Å². The second-order valence-corrected chi connectivity index (χ2v) is 20.1. The summed E-state index contributed by atoms with van der Waals surface area (Å²) in [5.74, 6) is -0.149. The van der Waals surface area contributed by atoms with Crippen molar-refractivity contribution in [1.29, 1.82) is 0 Å². The molecule has 1 amide bonds. The van der Waals surface area contributed by atoms with Crippen LogP contribution in [0.2, 0.25) is 0 Å². The zero-order chi connectivity index (χ0) is 48.0. The molecule has 9 nitrogen and oxygen atoms in total. The Hall–Kier alpha value is -1.33. The van der Waals surface area contributed by atoms with Gasteiger partial charge in [0, 0.05) is 6.42 Å². The van der Waals surface area contributed by atoms with Gasteiger partial charge in [-0.1, -0.05) is 250 Å². The first-order valence-corrected chi connectivity index (χ1v) is 28.5. The summed E-state index contributed by atoms with van der Waals surface area (Å²) in [6, 6.07) is -0.711. The lowest BCUT2D eigenvalue weighted by molar-refractivity contribution is -0.302. The van der Waals surface area contributed by atoms with Gasteiger partial charge in [-0.25, -0.2) is 0 Å². The predicted octanol–water partition coefficient (Wildman–Crippen LogP) is 13.8. The molecule has 0 bridgehead atoms. The fraction of sp³-hybridized carbons (Fsp3) is 0.912. The monoisotopic (exact) mass is 936 g/mol. The van der Waals surface area contributed by atoms with Crippen molar-refractivity contribution in [3.63, 3.8) is 0 Å². The molecule has 390 valence electrons. The Morgan fingerprint density at radius 1 is 0.515 bits per heavy atom. The van der Waals surface area contributed by atoms with Gasteiger partial charge >= 0.3 is 0 Å². The average molecular weight is 936 g/mol. The van der Waals surface area contributed by atoms with Crippen molar-refractivity contribution in [2.24, 2.45) is 0 Å². The number of aliphatic hydroxyl groups excluding tert-OH is 5. The van der Waals surface area contributed by atoms with Crippen LogP contribution in [0.5, 0.6) is 0 Å². The number of rotatable bonds is 49. The van der Waals surface area contributed by atoms with Crippen molar-refractivity contribution in [1.82, 2.24) is 5.32 Å². The van der Waals surface area contributed by atoms with Gasteiger partial charge < -0.3 is 40.3 Å². The van der Waals surface area contributed by atoms with Crippen molar-refractivity contribution in [3.8, 4) is 0 Å². The van der Waals surface area contributed by atoms with Crippen LogP contribution in [0.3, 0.4) is 0 Å². The SMILES string of the molecule is CCCCCCC/C=C\C/C=C\CCCCCCCCCCCCCCCCCCCCCCCCCCCCCC(=O)NC(COC1OC(CO)C(O)C(O)C1O)C(O)CCCCCC. The van der Waals surface area contributed by atoms with E-state index in [-0.39, 0.29) is 12.5 Å². The van der Waals surface area contributed by atoms with Crippen LogP contribution in [0.15, 0.2) is 24.3 Å². The number of aliphatic hydroxyl groups is 5. The van der Waals surface area contributed by atoms with Gasteiger partial charge in [-0.3, -0.25) is 4.79 Å². The Morgan fingerprint density at radius 3 is 1.30 bits per heavy atom. The molecule has 7 atom stereocenters. The van der Waals surface area contributed by atoms with Gasteiger partial charge in [0.15, 0.2) is 6.29 Å². The Kier molecular flexibility index (Phi) is 45.0. The molecule has 1 rings (SSSR count). The second-order valence-electron chi connectivity index (χ2n) is 20.1. The first-order valence-electron chi connectivity index (χ1n) is 28.5. The molecule has 66 heavy (non-hydrogen) atoms. The summed E-state index contributed by atoms with van der Waals surface area (Å²) in [5.41, 5.74) is 0. The zero-order valence-electron chi connectivity index (χ0n) is 43.2. The van der Waals surface area contributed by atoms with Gasteiger partial charge in [0.05, 0.1) is 25.4 Å². The maximum absolute atomic E-state index is 12.9. The van der Waals surface area contributed by atoms with E-state index in [1.165, 1.54) is 199 Å². The summed E-state index contributed by atoms with van der Waals surface area (Å²) in [6.07, 6.45) is 53.3. The molecular formula is C57H109NO8. The van der Waals surface area contributed by atoms with Gasteiger partial charge in [0.1, 0.15) is 24.4 Å². The molecule has 9 heteroatoms. The largest absolute Gasteiger partial charge is 0.394 e. The third kappa shape index (κ3) is 36.6. The van der Waals surface area contributed by atoms with Gasteiger partial charge in [0.2, 0.25) is 5.91 Å². The first kappa shape index (κ1) is 62.7. The number of hydrogen-bond donors (Lipinski definition) is 6. The molecule has 1 saturated heterocycles. The van der Waals surface area contributed by atoms with Crippen LogP contribution >= 0.6 is 0 Å². The molecule has 1 heterocycles. The lowest BCUT2D eigenvalue weighted by atomic mass is 9.99. The quantitative estimate of drug-likeness (QED) is 0.0261. The van der Waals surface area contributed by atoms with E-state index in [2.05, 4.69) is 43.5 Å². The lowest BCUT2D eigenvalue weighted by Crippen LogP contribution is -2.60. The highest BCUT2D eigenvalue weighted by molar-refractivity contribution is 5.76. The zero-order valence-corrected chi connectivity index (χ0v) is 43.2. The molecule has 0 radical (unpaired) electrons. The van der Waals surface area contributed by atoms with E-state index in [0.29, 0.717) is 12.8 Å². The van der Waals surface area contributed by atoms with Gasteiger partial charge in [-0.05, 0) is 44.9 Å². The Bertz CT molecular complexity index is 1090. The Morgan fingerprint density at radius 2 is 0.894 bits per heavy atom. The second kappa shape index (κ2) is 47.4. The number of ether oxygens (including phenoxy) is 2. The van der Waals surface area contributed by atoms with E-state index in [4.69, 9.17) is 9.47 Å². The minimum atomic E-state index is -1.55. The number of hydrogen-bond acceptors (Lipinski definition) is 8. The van der Waals surface area contributed by atoms with E-state index in [9.17, 15) is 30.3 Å². The Balaban J connectivity index is 1.90. The molecule has 0 spiro atoms. The molecule has 0 saturated carbocycles. The molecule has 1 aliphatic rings. The summed E-state index contributed by atoms with van der Waals surface area (Å²) < 4.78 is 11.2. The maximum Gasteiger partial charge on any atom is 0.220 e. The summed E-state index contributed by atoms with van der Waals surface area (Å²) in [7, 11) is 0. The van der Waals surface area contributed by atoms with E-state index in [0.717, 1.165) is 51.4 Å². The number of carbonyl (C=O) groups is 1. The van der Waals surface area contributed by atoms with Crippen LogP contribution in [-0.2, 0) is 14.3 Å². The minimum Gasteiger partial charge on any atom is -0.394 e. The molecule has 7 unspecified atom stereocenters. The van der Waals surface area contributed by atoms with Crippen LogP contribution in [0.1, 0.15) is 277 Å². The number of allylic oxidation sites excluding steroid dienone is 4. The molecule has 0 aromatic rings. The molecule has 6 N–H and O–H groups in total. The smallest absolute Gasteiger partial charge is 0.220 e. The molecular weight excluding hydrogens is 827 g/mol. The van der Waals surface area contributed by atoms with Crippen LogP contribution < -0.4 is 5.32 Å². The molecule has 1 aliphatic heterocycles. The molecule has 0 aromatic carbocycles. The third-order valence-electron chi connectivity index (χ3n) is 13.8. The van der Waals surface area contributed by atoms with E-state index < -0.39 is 49.5 Å². The van der Waals surface area contributed by atoms with Crippen molar-refractivity contribution in [2.75, 3.05) is 13.2 Å². The van der Waals surface area contributed by atoms with Crippen molar-refractivity contribution in [2.45, 2.75) is 320 Å². The number of unbranched alkanes of at least 4 members (excludes halogenated alkanes) is 35. The highest BCUT2D eigenvalue weighted by Crippen LogP contribution is 2.23. The molecule has 0 aromatic heterocycles. The van der Waals surface area contributed by atoms with E-state index in [1.807, 2.05) is 0 Å². The number of nitrogens with one attached hydrogen (secondary N) is 1. The van der Waals surface area contributed by atoms with Crippen LogP contribution in [0.25, 0.3) is 0 Å². The number of carbonyl (C=O) groups excluding carboxylic acids is 1. The van der Waals surface area contributed by atoms with Crippen molar-refractivity contribution < 1.29 is 39.8 Å². The van der Waals surface area contributed by atoms with E-state index in [1.54, 1.807) is 0 Å². The van der Waals surface area contributed by atoms with E-state index >= 15 is 0 Å². The third-order valence-corrected chi connectivity index (χ3v) is 13.8. The summed E-state index contributed by atoms with van der Waals surface area (Å²) in [6.45, 7) is 3.72. The van der Waals surface area contributed by atoms with Gasteiger partial charge in [-0.15, -0.1) is 0 Å². The maximum atomic E-state index is 12.9.